The Balaban J connectivity index is 2.05. The fourth-order valence-corrected chi connectivity index (χ4v) is 4.32. The number of hydrogen-bond donors (Lipinski definition) is 0. The van der Waals surface area contributed by atoms with Gasteiger partial charge in [-0.05, 0) is 45.7 Å². The average molecular weight is 349 g/mol. The molecule has 2 aromatic heterocycles. The van der Waals surface area contributed by atoms with Gasteiger partial charge in [-0.25, -0.2) is 18.4 Å². The number of aromatic nitrogens is 4. The van der Waals surface area contributed by atoms with Gasteiger partial charge in [0.25, 0.3) is 0 Å². The minimum atomic E-state index is -3.27. The Labute approximate surface area is 142 Å². The van der Waals surface area contributed by atoms with E-state index < -0.39 is 10.0 Å². The molecule has 130 valence electrons. The molecule has 1 aliphatic rings. The highest BCUT2D eigenvalue weighted by atomic mass is 32.2. The maximum absolute atomic E-state index is 12.0. The van der Waals surface area contributed by atoms with Crippen LogP contribution in [0.5, 0.6) is 0 Å². The minimum Gasteiger partial charge on any atom is -0.261 e. The largest absolute Gasteiger partial charge is 0.261 e. The van der Waals surface area contributed by atoms with Crippen molar-refractivity contribution in [2.45, 2.75) is 45.7 Å². The Morgan fingerprint density at radius 1 is 1.29 bits per heavy atom. The van der Waals surface area contributed by atoms with Gasteiger partial charge >= 0.3 is 0 Å². The SMILES string of the molecule is Cc1cc(-c2ccnn2C(C)C)nc(C2CCCN2S(C)(=O)=O)n1. The van der Waals surface area contributed by atoms with Gasteiger partial charge in [0.1, 0.15) is 5.82 Å². The second-order valence-electron chi connectivity index (χ2n) is 6.54. The van der Waals surface area contributed by atoms with Gasteiger partial charge in [-0.1, -0.05) is 0 Å². The lowest BCUT2D eigenvalue weighted by Gasteiger charge is -2.21. The van der Waals surface area contributed by atoms with E-state index in [0.29, 0.717) is 12.4 Å². The molecule has 8 heteroatoms. The quantitative estimate of drug-likeness (QED) is 0.846. The van der Waals surface area contributed by atoms with Crippen molar-refractivity contribution in [3.8, 4) is 11.4 Å². The van der Waals surface area contributed by atoms with E-state index in [1.807, 2.05) is 23.7 Å². The van der Waals surface area contributed by atoms with Crippen LogP contribution in [0, 0.1) is 6.92 Å². The van der Waals surface area contributed by atoms with Crippen LogP contribution < -0.4 is 0 Å². The molecule has 1 saturated heterocycles. The second kappa shape index (κ2) is 6.25. The Kier molecular flexibility index (Phi) is 4.44. The maximum atomic E-state index is 12.0. The van der Waals surface area contributed by atoms with E-state index in [0.717, 1.165) is 29.9 Å². The van der Waals surface area contributed by atoms with E-state index in [2.05, 4.69) is 28.9 Å². The van der Waals surface area contributed by atoms with E-state index in [1.165, 1.54) is 10.6 Å². The zero-order valence-corrected chi connectivity index (χ0v) is 15.3. The molecule has 0 aliphatic carbocycles. The molecule has 0 radical (unpaired) electrons. The molecule has 0 saturated carbocycles. The fraction of sp³-hybridized carbons (Fsp3) is 0.562. The minimum absolute atomic E-state index is 0.215. The molecular formula is C16H23N5O2S. The molecule has 0 amide bonds. The van der Waals surface area contributed by atoms with Gasteiger partial charge in [0.15, 0.2) is 0 Å². The van der Waals surface area contributed by atoms with Crippen molar-refractivity contribution in [3.63, 3.8) is 0 Å². The Bertz CT molecular complexity index is 844. The molecule has 0 aromatic carbocycles. The van der Waals surface area contributed by atoms with Gasteiger partial charge in [-0.3, -0.25) is 4.68 Å². The number of sulfonamides is 1. The van der Waals surface area contributed by atoms with Crippen LogP contribution >= 0.6 is 0 Å². The number of nitrogens with zero attached hydrogens (tertiary/aromatic N) is 5. The summed E-state index contributed by atoms with van der Waals surface area (Å²) >= 11 is 0. The first-order valence-corrected chi connectivity index (χ1v) is 9.98. The van der Waals surface area contributed by atoms with Crippen molar-refractivity contribution in [1.82, 2.24) is 24.1 Å². The molecule has 0 spiro atoms. The lowest BCUT2D eigenvalue weighted by Crippen LogP contribution is -2.30. The zero-order chi connectivity index (χ0) is 17.5. The van der Waals surface area contributed by atoms with Gasteiger partial charge < -0.3 is 0 Å². The van der Waals surface area contributed by atoms with Crippen LogP contribution in [-0.4, -0.2) is 45.3 Å². The van der Waals surface area contributed by atoms with Crippen LogP contribution in [0.1, 0.15) is 50.3 Å². The van der Waals surface area contributed by atoms with Crippen LogP contribution in [0.4, 0.5) is 0 Å². The summed E-state index contributed by atoms with van der Waals surface area (Å²) in [6.07, 6.45) is 4.58. The third-order valence-corrected chi connectivity index (χ3v) is 5.51. The summed E-state index contributed by atoms with van der Waals surface area (Å²) in [6, 6.07) is 3.77. The summed E-state index contributed by atoms with van der Waals surface area (Å²) in [4.78, 5) is 9.20. The molecule has 1 aliphatic heterocycles. The molecule has 1 unspecified atom stereocenters. The summed E-state index contributed by atoms with van der Waals surface area (Å²) < 4.78 is 27.4. The number of hydrogen-bond acceptors (Lipinski definition) is 5. The third kappa shape index (κ3) is 3.21. The topological polar surface area (TPSA) is 81.0 Å². The molecule has 24 heavy (non-hydrogen) atoms. The normalized spacial score (nSPS) is 19.3. The van der Waals surface area contributed by atoms with Crippen molar-refractivity contribution in [1.29, 1.82) is 0 Å². The van der Waals surface area contributed by atoms with Crippen LogP contribution in [0.25, 0.3) is 11.4 Å². The number of rotatable bonds is 4. The molecule has 1 fully saturated rings. The van der Waals surface area contributed by atoms with Gasteiger partial charge in [0.05, 0.1) is 23.7 Å². The molecule has 3 rings (SSSR count). The van der Waals surface area contributed by atoms with E-state index in [4.69, 9.17) is 0 Å². The molecular weight excluding hydrogens is 326 g/mol. The summed E-state index contributed by atoms with van der Waals surface area (Å²) in [7, 11) is -3.27. The first kappa shape index (κ1) is 17.0. The summed E-state index contributed by atoms with van der Waals surface area (Å²) in [5.41, 5.74) is 2.52. The van der Waals surface area contributed by atoms with E-state index in [1.54, 1.807) is 6.20 Å². The molecule has 1 atom stereocenters. The molecule has 0 N–H and O–H groups in total. The van der Waals surface area contributed by atoms with E-state index in [-0.39, 0.29) is 12.1 Å². The number of aryl methyl sites for hydroxylation is 1. The summed E-state index contributed by atoms with van der Waals surface area (Å²) in [5, 5.41) is 4.35. The predicted molar refractivity (Wildman–Crippen MR) is 91.9 cm³/mol. The molecule has 3 heterocycles. The highest BCUT2D eigenvalue weighted by Crippen LogP contribution is 2.33. The molecule has 7 nitrogen and oxygen atoms in total. The lowest BCUT2D eigenvalue weighted by molar-refractivity contribution is 0.386. The van der Waals surface area contributed by atoms with Crippen molar-refractivity contribution < 1.29 is 8.42 Å². The van der Waals surface area contributed by atoms with Gasteiger partial charge in [-0.2, -0.15) is 9.40 Å². The fourth-order valence-electron chi connectivity index (χ4n) is 3.20. The van der Waals surface area contributed by atoms with Crippen LogP contribution in [0.2, 0.25) is 0 Å². The van der Waals surface area contributed by atoms with E-state index >= 15 is 0 Å². The van der Waals surface area contributed by atoms with Crippen molar-refractivity contribution >= 4 is 10.0 Å². The van der Waals surface area contributed by atoms with Crippen molar-refractivity contribution in [3.05, 3.63) is 29.8 Å². The van der Waals surface area contributed by atoms with Gasteiger partial charge in [-0.15, -0.1) is 0 Å². The van der Waals surface area contributed by atoms with Crippen LogP contribution in [-0.2, 0) is 10.0 Å². The van der Waals surface area contributed by atoms with E-state index in [9.17, 15) is 8.42 Å². The zero-order valence-electron chi connectivity index (χ0n) is 14.5. The Morgan fingerprint density at radius 3 is 2.71 bits per heavy atom. The lowest BCUT2D eigenvalue weighted by atomic mass is 10.2. The first-order valence-electron chi connectivity index (χ1n) is 8.13. The van der Waals surface area contributed by atoms with Crippen molar-refractivity contribution in [2.75, 3.05) is 12.8 Å². The predicted octanol–water partition coefficient (Wildman–Crippen LogP) is 2.33. The average Bonchev–Trinajstić information content (AvgIpc) is 3.15. The van der Waals surface area contributed by atoms with Gasteiger partial charge in [0, 0.05) is 24.5 Å². The molecule has 2 aromatic rings. The molecule has 0 bridgehead atoms. The van der Waals surface area contributed by atoms with Gasteiger partial charge in [0.2, 0.25) is 10.0 Å². The highest BCUT2D eigenvalue weighted by Gasteiger charge is 2.34. The maximum Gasteiger partial charge on any atom is 0.211 e. The Hall–Kier alpha value is -1.80. The van der Waals surface area contributed by atoms with Crippen molar-refractivity contribution in [2.24, 2.45) is 0 Å². The highest BCUT2D eigenvalue weighted by molar-refractivity contribution is 7.88. The monoisotopic (exact) mass is 349 g/mol. The van der Waals surface area contributed by atoms with Crippen LogP contribution in [0.15, 0.2) is 18.3 Å². The Morgan fingerprint density at radius 2 is 2.04 bits per heavy atom. The smallest absolute Gasteiger partial charge is 0.211 e. The summed E-state index contributed by atoms with van der Waals surface area (Å²) in [5.74, 6) is 0.574. The van der Waals surface area contributed by atoms with Crippen LogP contribution in [0.3, 0.4) is 0 Å². The first-order chi connectivity index (χ1) is 11.3. The summed E-state index contributed by atoms with van der Waals surface area (Å²) in [6.45, 7) is 6.56. The standard InChI is InChI=1S/C16H23N5O2S/c1-11(2)21-14(7-8-17-21)13-10-12(3)18-16(19-13)15-6-5-9-20(15)24(4,22)23/h7-8,10-11,15H,5-6,9H2,1-4H3. The second-order valence-corrected chi connectivity index (χ2v) is 8.47. The third-order valence-electron chi connectivity index (χ3n) is 4.22.